The zero-order valence-electron chi connectivity index (χ0n) is 15.4. The Kier molecular flexibility index (Phi) is 4.89. The molecule has 2 aliphatic rings. The van der Waals surface area contributed by atoms with Gasteiger partial charge in [0, 0.05) is 12.1 Å². The van der Waals surface area contributed by atoms with Crippen molar-refractivity contribution in [2.24, 2.45) is 0 Å². The lowest BCUT2D eigenvalue weighted by Crippen LogP contribution is -2.44. The summed E-state index contributed by atoms with van der Waals surface area (Å²) in [7, 11) is 0. The molecule has 0 bridgehead atoms. The fourth-order valence-corrected chi connectivity index (χ4v) is 3.27. The molecule has 0 radical (unpaired) electrons. The standard InChI is InChI=1S/C19H25N3O4/c1-4-19(2,3)21-16(23)11-26-18(25)12-7-8-14-13(10-12)20-17(24)15-6-5-9-22(14)15/h7-8,10,15H,4-6,9,11H2,1-3H3,(H,20,24)(H,21,23)/t15-/m1/s1. The van der Waals surface area contributed by atoms with Gasteiger partial charge in [-0.15, -0.1) is 0 Å². The number of esters is 1. The predicted molar refractivity (Wildman–Crippen MR) is 98.2 cm³/mol. The number of anilines is 2. The highest BCUT2D eigenvalue weighted by molar-refractivity contribution is 6.05. The number of benzene rings is 1. The molecule has 2 N–H and O–H groups in total. The molecule has 0 saturated carbocycles. The SMILES string of the molecule is CCC(C)(C)NC(=O)COC(=O)c1ccc2c(c1)NC(=O)[C@H]1CCCN21. The summed E-state index contributed by atoms with van der Waals surface area (Å²) in [6.45, 7) is 6.29. The van der Waals surface area contributed by atoms with Crippen molar-refractivity contribution in [3.05, 3.63) is 23.8 Å². The summed E-state index contributed by atoms with van der Waals surface area (Å²) in [5, 5.41) is 5.68. The van der Waals surface area contributed by atoms with Crippen molar-refractivity contribution < 1.29 is 19.1 Å². The number of hydrogen-bond acceptors (Lipinski definition) is 5. The molecule has 1 saturated heterocycles. The fraction of sp³-hybridized carbons (Fsp3) is 0.526. The lowest BCUT2D eigenvalue weighted by Gasteiger charge is -2.33. The number of carbonyl (C=O) groups excluding carboxylic acids is 3. The number of ether oxygens (including phenoxy) is 1. The fourth-order valence-electron chi connectivity index (χ4n) is 3.27. The highest BCUT2D eigenvalue weighted by Gasteiger charge is 2.36. The van der Waals surface area contributed by atoms with Gasteiger partial charge in [0.1, 0.15) is 6.04 Å². The van der Waals surface area contributed by atoms with E-state index >= 15 is 0 Å². The lowest BCUT2D eigenvalue weighted by molar-refractivity contribution is -0.125. The molecule has 7 nitrogen and oxygen atoms in total. The van der Waals surface area contributed by atoms with Crippen LogP contribution in [0, 0.1) is 0 Å². The van der Waals surface area contributed by atoms with Crippen LogP contribution in [0.3, 0.4) is 0 Å². The Balaban J connectivity index is 1.65. The van der Waals surface area contributed by atoms with Crippen LogP contribution in [0.1, 0.15) is 50.4 Å². The first-order chi connectivity index (χ1) is 12.3. The molecule has 0 unspecified atom stereocenters. The van der Waals surface area contributed by atoms with Crippen molar-refractivity contribution in [1.82, 2.24) is 5.32 Å². The molecule has 0 aliphatic carbocycles. The predicted octanol–water partition coefficient (Wildman–Crippen LogP) is 2.07. The molecule has 1 aromatic carbocycles. The molecule has 2 amide bonds. The third-order valence-electron chi connectivity index (χ3n) is 5.05. The van der Waals surface area contributed by atoms with E-state index in [1.165, 1.54) is 0 Å². The van der Waals surface area contributed by atoms with Gasteiger partial charge in [0.15, 0.2) is 6.61 Å². The highest BCUT2D eigenvalue weighted by atomic mass is 16.5. The molecule has 0 spiro atoms. The number of fused-ring (bicyclic) bond motifs is 3. The number of carbonyl (C=O) groups is 3. The summed E-state index contributed by atoms with van der Waals surface area (Å²) >= 11 is 0. The maximum absolute atomic E-state index is 12.3. The first-order valence-corrected chi connectivity index (χ1v) is 9.00. The van der Waals surface area contributed by atoms with E-state index in [-0.39, 0.29) is 30.0 Å². The summed E-state index contributed by atoms with van der Waals surface area (Å²) in [5.74, 6) is -0.965. The molecule has 1 atom stereocenters. The summed E-state index contributed by atoms with van der Waals surface area (Å²) < 4.78 is 5.11. The van der Waals surface area contributed by atoms with Crippen LogP contribution in [0.5, 0.6) is 0 Å². The van der Waals surface area contributed by atoms with E-state index < -0.39 is 5.97 Å². The molecule has 3 rings (SSSR count). The Hall–Kier alpha value is -2.57. The average molecular weight is 359 g/mol. The van der Waals surface area contributed by atoms with Gasteiger partial charge in [-0.05, 0) is 51.3 Å². The van der Waals surface area contributed by atoms with Crippen molar-refractivity contribution in [3.8, 4) is 0 Å². The largest absolute Gasteiger partial charge is 0.452 e. The maximum Gasteiger partial charge on any atom is 0.338 e. The van der Waals surface area contributed by atoms with E-state index in [1.807, 2.05) is 26.8 Å². The van der Waals surface area contributed by atoms with Gasteiger partial charge in [0.05, 0.1) is 16.9 Å². The monoisotopic (exact) mass is 359 g/mol. The van der Waals surface area contributed by atoms with Crippen LogP contribution in [0.2, 0.25) is 0 Å². The molecule has 2 heterocycles. The van der Waals surface area contributed by atoms with Gasteiger partial charge in [0.25, 0.3) is 5.91 Å². The van der Waals surface area contributed by atoms with E-state index in [2.05, 4.69) is 15.5 Å². The van der Waals surface area contributed by atoms with Crippen LogP contribution in [0.4, 0.5) is 11.4 Å². The Morgan fingerprint density at radius 3 is 2.88 bits per heavy atom. The highest BCUT2D eigenvalue weighted by Crippen LogP contribution is 2.37. The van der Waals surface area contributed by atoms with Crippen LogP contribution in [0.25, 0.3) is 0 Å². The lowest BCUT2D eigenvalue weighted by atomic mass is 10.0. The maximum atomic E-state index is 12.3. The van der Waals surface area contributed by atoms with Gasteiger partial charge in [-0.2, -0.15) is 0 Å². The van der Waals surface area contributed by atoms with E-state index in [9.17, 15) is 14.4 Å². The Bertz CT molecular complexity index is 744. The quantitative estimate of drug-likeness (QED) is 0.786. The minimum Gasteiger partial charge on any atom is -0.452 e. The molecule has 7 heteroatoms. The average Bonchev–Trinajstić information content (AvgIpc) is 3.09. The number of nitrogens with one attached hydrogen (secondary N) is 2. The number of amides is 2. The van der Waals surface area contributed by atoms with Crippen molar-refractivity contribution in [3.63, 3.8) is 0 Å². The number of hydrogen-bond donors (Lipinski definition) is 2. The Labute approximate surface area is 153 Å². The van der Waals surface area contributed by atoms with Crippen LogP contribution in [-0.4, -0.2) is 42.5 Å². The number of rotatable bonds is 5. The van der Waals surface area contributed by atoms with E-state index in [0.29, 0.717) is 11.3 Å². The van der Waals surface area contributed by atoms with Crippen LogP contribution in [-0.2, 0) is 14.3 Å². The number of nitrogens with zero attached hydrogens (tertiary/aromatic N) is 1. The van der Waals surface area contributed by atoms with Gasteiger partial charge in [-0.3, -0.25) is 9.59 Å². The van der Waals surface area contributed by atoms with Gasteiger partial charge >= 0.3 is 5.97 Å². The molecule has 2 aliphatic heterocycles. The summed E-state index contributed by atoms with van der Waals surface area (Å²) in [6.07, 6.45) is 2.59. The van der Waals surface area contributed by atoms with Crippen molar-refractivity contribution in [2.75, 3.05) is 23.4 Å². The van der Waals surface area contributed by atoms with E-state index in [0.717, 1.165) is 31.5 Å². The third-order valence-corrected chi connectivity index (χ3v) is 5.05. The second-order valence-electron chi connectivity index (χ2n) is 7.43. The summed E-state index contributed by atoms with van der Waals surface area (Å²) in [6, 6.07) is 4.98. The van der Waals surface area contributed by atoms with Crippen molar-refractivity contribution in [1.29, 1.82) is 0 Å². The smallest absolute Gasteiger partial charge is 0.338 e. The van der Waals surface area contributed by atoms with Gasteiger partial charge in [-0.1, -0.05) is 6.92 Å². The zero-order valence-corrected chi connectivity index (χ0v) is 15.4. The van der Waals surface area contributed by atoms with E-state index in [1.54, 1.807) is 12.1 Å². The second kappa shape index (κ2) is 6.97. The van der Waals surface area contributed by atoms with Crippen molar-refractivity contribution >= 4 is 29.2 Å². The summed E-state index contributed by atoms with van der Waals surface area (Å²) in [4.78, 5) is 38.4. The summed E-state index contributed by atoms with van der Waals surface area (Å²) in [5.41, 5.74) is 1.50. The van der Waals surface area contributed by atoms with Gasteiger partial charge < -0.3 is 20.3 Å². The first-order valence-electron chi connectivity index (χ1n) is 9.00. The van der Waals surface area contributed by atoms with Gasteiger partial charge in [-0.25, -0.2) is 4.79 Å². The van der Waals surface area contributed by atoms with Crippen LogP contribution in [0.15, 0.2) is 18.2 Å². The Morgan fingerprint density at radius 1 is 1.38 bits per heavy atom. The topological polar surface area (TPSA) is 87.7 Å². The minimum atomic E-state index is -0.588. The van der Waals surface area contributed by atoms with Crippen molar-refractivity contribution in [2.45, 2.75) is 51.6 Å². The normalized spacial score (nSPS) is 18.7. The van der Waals surface area contributed by atoms with Crippen LogP contribution < -0.4 is 15.5 Å². The molecule has 140 valence electrons. The zero-order chi connectivity index (χ0) is 18.9. The molecule has 1 fully saturated rings. The van der Waals surface area contributed by atoms with Crippen LogP contribution >= 0.6 is 0 Å². The molecular formula is C19H25N3O4. The first kappa shape index (κ1) is 18.2. The molecule has 26 heavy (non-hydrogen) atoms. The van der Waals surface area contributed by atoms with E-state index in [4.69, 9.17) is 4.74 Å². The van der Waals surface area contributed by atoms with Gasteiger partial charge in [0.2, 0.25) is 5.91 Å². The third kappa shape index (κ3) is 3.66. The Morgan fingerprint density at radius 2 is 2.15 bits per heavy atom. The minimum absolute atomic E-state index is 0.0401. The second-order valence-corrected chi connectivity index (χ2v) is 7.43. The molecular weight excluding hydrogens is 334 g/mol. The molecule has 0 aromatic heterocycles. The molecule has 1 aromatic rings.